The highest BCUT2D eigenvalue weighted by Gasteiger charge is 2.16. The molecule has 11 heteroatoms. The lowest BCUT2D eigenvalue weighted by Gasteiger charge is -2.15. The molecule has 7 N–H and O–H groups in total. The van der Waals surface area contributed by atoms with E-state index in [1.54, 1.807) is 43.5 Å². The Hall–Kier alpha value is -4.54. The molecule has 32 heavy (non-hydrogen) atoms. The van der Waals surface area contributed by atoms with E-state index < -0.39 is 0 Å². The molecule has 0 amide bonds. The molecule has 164 valence electrons. The third-order valence-corrected chi connectivity index (χ3v) is 4.52. The second-order valence-electron chi connectivity index (χ2n) is 7.07. The van der Waals surface area contributed by atoms with E-state index in [1.807, 2.05) is 31.3 Å². The SMILES string of the molecule is COc1c(Nc2cc(N/C(N)=C/C=C(/C)N)nc3nc[nH]c23)cccc1-c1ncn(C)n1. The largest absolute Gasteiger partial charge is 0.494 e. The summed E-state index contributed by atoms with van der Waals surface area (Å²) in [6, 6.07) is 7.54. The molecule has 3 aromatic heterocycles. The molecule has 0 radical (unpaired) electrons. The second kappa shape index (κ2) is 8.68. The molecule has 3 heterocycles. The Labute approximate surface area is 184 Å². The second-order valence-corrected chi connectivity index (χ2v) is 7.07. The molecule has 0 spiro atoms. The Morgan fingerprint density at radius 2 is 2.03 bits per heavy atom. The number of nitrogens with zero attached hydrogens (tertiary/aromatic N) is 5. The molecule has 0 aliphatic heterocycles. The Bertz CT molecular complexity index is 1310. The lowest BCUT2D eigenvalue weighted by atomic mass is 10.1. The van der Waals surface area contributed by atoms with E-state index in [9.17, 15) is 0 Å². The van der Waals surface area contributed by atoms with Crippen LogP contribution in [0.3, 0.4) is 0 Å². The van der Waals surface area contributed by atoms with Gasteiger partial charge in [0.15, 0.2) is 17.2 Å². The number of para-hydroxylation sites is 1. The molecule has 0 aliphatic carbocycles. The molecule has 0 unspecified atom stereocenters. The summed E-state index contributed by atoms with van der Waals surface area (Å²) in [4.78, 5) is 16.2. The van der Waals surface area contributed by atoms with Crippen molar-refractivity contribution in [3.05, 3.63) is 60.6 Å². The van der Waals surface area contributed by atoms with Gasteiger partial charge in [0.05, 0.1) is 30.4 Å². The average molecular weight is 432 g/mol. The van der Waals surface area contributed by atoms with E-state index >= 15 is 0 Å². The summed E-state index contributed by atoms with van der Waals surface area (Å²) in [6.45, 7) is 1.78. The minimum Gasteiger partial charge on any atom is -0.494 e. The van der Waals surface area contributed by atoms with Gasteiger partial charge in [0.25, 0.3) is 0 Å². The van der Waals surface area contributed by atoms with Crippen LogP contribution >= 0.6 is 0 Å². The number of allylic oxidation sites excluding steroid dienone is 3. The number of anilines is 3. The highest BCUT2D eigenvalue weighted by Crippen LogP contribution is 2.37. The first-order chi connectivity index (χ1) is 15.4. The molecular weight excluding hydrogens is 408 g/mol. The van der Waals surface area contributed by atoms with Crippen LogP contribution in [0.2, 0.25) is 0 Å². The molecule has 0 fully saturated rings. The standard InChI is InChI=1S/C21H24N10O/c1-12(22)7-8-16(23)28-17-9-15(18-21(29-17)25-10-24-18)27-14-6-4-5-13(19(14)32-3)20-26-11-31(2)30-20/h4-11H,22-23H2,1-3H3,(H3,24,25,27,28,29)/b12-7-,16-8+. The number of nitrogens with two attached hydrogens (primary N) is 2. The van der Waals surface area contributed by atoms with Crippen molar-refractivity contribution in [1.82, 2.24) is 29.7 Å². The number of hydrogen-bond acceptors (Lipinski definition) is 9. The highest BCUT2D eigenvalue weighted by atomic mass is 16.5. The van der Waals surface area contributed by atoms with E-state index in [4.69, 9.17) is 16.2 Å². The number of aryl methyl sites for hydroxylation is 1. The number of aromatic amines is 1. The van der Waals surface area contributed by atoms with Gasteiger partial charge >= 0.3 is 0 Å². The number of hydrogen-bond donors (Lipinski definition) is 5. The van der Waals surface area contributed by atoms with E-state index in [-0.39, 0.29) is 0 Å². The maximum Gasteiger partial charge on any atom is 0.184 e. The molecular formula is C21H24N10O. The van der Waals surface area contributed by atoms with Crippen LogP contribution in [0.5, 0.6) is 5.75 Å². The highest BCUT2D eigenvalue weighted by molar-refractivity contribution is 5.91. The lowest BCUT2D eigenvalue weighted by Crippen LogP contribution is -2.10. The zero-order chi connectivity index (χ0) is 22.7. The van der Waals surface area contributed by atoms with Gasteiger partial charge in [0, 0.05) is 18.8 Å². The number of nitrogens with one attached hydrogen (secondary N) is 3. The van der Waals surface area contributed by atoms with Crippen LogP contribution in [0.1, 0.15) is 6.92 Å². The number of benzene rings is 1. The summed E-state index contributed by atoms with van der Waals surface area (Å²) >= 11 is 0. The first kappa shape index (κ1) is 20.7. The normalized spacial score (nSPS) is 12.2. The van der Waals surface area contributed by atoms with Crippen molar-refractivity contribution in [2.24, 2.45) is 18.5 Å². The van der Waals surface area contributed by atoms with Crippen molar-refractivity contribution in [2.45, 2.75) is 6.92 Å². The summed E-state index contributed by atoms with van der Waals surface area (Å²) in [7, 11) is 3.42. The first-order valence-corrected chi connectivity index (χ1v) is 9.75. The van der Waals surface area contributed by atoms with Crippen molar-refractivity contribution in [3.8, 4) is 17.1 Å². The lowest BCUT2D eigenvalue weighted by molar-refractivity contribution is 0.418. The Kier molecular flexibility index (Phi) is 5.62. The molecule has 1 aromatic carbocycles. The van der Waals surface area contributed by atoms with E-state index in [0.29, 0.717) is 34.6 Å². The summed E-state index contributed by atoms with van der Waals surface area (Å²) in [5.74, 6) is 2.09. The summed E-state index contributed by atoms with van der Waals surface area (Å²) in [6.07, 6.45) is 6.60. The van der Waals surface area contributed by atoms with Gasteiger partial charge in [-0.2, -0.15) is 5.10 Å². The van der Waals surface area contributed by atoms with Gasteiger partial charge in [-0.25, -0.2) is 15.0 Å². The Morgan fingerprint density at radius 3 is 2.75 bits per heavy atom. The van der Waals surface area contributed by atoms with Crippen molar-refractivity contribution in [2.75, 3.05) is 17.7 Å². The monoisotopic (exact) mass is 432 g/mol. The fourth-order valence-corrected chi connectivity index (χ4v) is 3.14. The predicted molar refractivity (Wildman–Crippen MR) is 124 cm³/mol. The zero-order valence-corrected chi connectivity index (χ0v) is 17.9. The number of fused-ring (bicyclic) bond motifs is 1. The summed E-state index contributed by atoms with van der Waals surface area (Å²) in [5.41, 5.74) is 15.8. The number of aromatic nitrogens is 6. The average Bonchev–Trinajstić information content (AvgIpc) is 3.41. The molecule has 11 nitrogen and oxygen atoms in total. The Morgan fingerprint density at radius 1 is 1.19 bits per heavy atom. The third kappa shape index (κ3) is 4.31. The van der Waals surface area contributed by atoms with Crippen molar-refractivity contribution < 1.29 is 4.74 Å². The minimum absolute atomic E-state index is 0.393. The summed E-state index contributed by atoms with van der Waals surface area (Å²) < 4.78 is 7.34. The van der Waals surface area contributed by atoms with Gasteiger partial charge in [0.1, 0.15) is 23.5 Å². The number of rotatable bonds is 7. The van der Waals surface area contributed by atoms with Crippen LogP contribution in [0.4, 0.5) is 17.2 Å². The molecule has 4 rings (SSSR count). The number of pyridine rings is 1. The van der Waals surface area contributed by atoms with Gasteiger partial charge in [-0.15, -0.1) is 0 Å². The summed E-state index contributed by atoms with van der Waals surface area (Å²) in [5, 5.41) is 10.8. The van der Waals surface area contributed by atoms with Gasteiger partial charge in [0.2, 0.25) is 0 Å². The molecule has 0 saturated heterocycles. The molecule has 0 saturated carbocycles. The first-order valence-electron chi connectivity index (χ1n) is 9.75. The van der Waals surface area contributed by atoms with E-state index in [2.05, 4.69) is 35.7 Å². The maximum atomic E-state index is 6.03. The quantitative estimate of drug-likeness (QED) is 0.277. The molecule has 0 aliphatic rings. The fourth-order valence-electron chi connectivity index (χ4n) is 3.14. The minimum atomic E-state index is 0.393. The smallest absolute Gasteiger partial charge is 0.184 e. The number of imidazole rings is 1. The predicted octanol–water partition coefficient (Wildman–Crippen LogP) is 2.58. The fraction of sp³-hybridized carbons (Fsp3) is 0.143. The van der Waals surface area contributed by atoms with Crippen LogP contribution in [0.15, 0.2) is 60.6 Å². The number of methoxy groups -OCH3 is 1. The van der Waals surface area contributed by atoms with E-state index in [0.717, 1.165) is 22.5 Å². The van der Waals surface area contributed by atoms with Gasteiger partial charge in [-0.1, -0.05) is 6.07 Å². The third-order valence-electron chi connectivity index (χ3n) is 4.52. The van der Waals surface area contributed by atoms with Gasteiger partial charge in [-0.05, 0) is 31.2 Å². The van der Waals surface area contributed by atoms with Crippen LogP contribution in [0, 0.1) is 0 Å². The van der Waals surface area contributed by atoms with Crippen LogP contribution in [0.25, 0.3) is 22.6 Å². The molecule has 0 atom stereocenters. The van der Waals surface area contributed by atoms with Crippen molar-refractivity contribution in [1.29, 1.82) is 0 Å². The van der Waals surface area contributed by atoms with Gasteiger partial charge < -0.3 is 31.8 Å². The number of H-pyrrole nitrogens is 1. The van der Waals surface area contributed by atoms with E-state index in [1.165, 1.54) is 0 Å². The van der Waals surface area contributed by atoms with Crippen LogP contribution < -0.4 is 26.8 Å². The topological polar surface area (TPSA) is 158 Å². The van der Waals surface area contributed by atoms with Crippen molar-refractivity contribution >= 4 is 28.4 Å². The Balaban J connectivity index is 1.72. The van der Waals surface area contributed by atoms with Crippen LogP contribution in [-0.2, 0) is 7.05 Å². The maximum absolute atomic E-state index is 6.03. The van der Waals surface area contributed by atoms with Gasteiger partial charge in [-0.3, -0.25) is 4.68 Å². The zero-order valence-electron chi connectivity index (χ0n) is 17.9. The molecule has 4 aromatic rings. The van der Waals surface area contributed by atoms with Crippen molar-refractivity contribution in [3.63, 3.8) is 0 Å². The molecule has 0 bridgehead atoms. The van der Waals surface area contributed by atoms with Crippen LogP contribution in [-0.4, -0.2) is 36.8 Å². The number of ether oxygens (including phenoxy) is 1.